The van der Waals surface area contributed by atoms with Crippen LogP contribution in [0.25, 0.3) is 11.1 Å². The quantitative estimate of drug-likeness (QED) is 0.302. The number of benzene rings is 3. The van der Waals surface area contributed by atoms with E-state index < -0.39 is 0 Å². The maximum atomic E-state index is 11.5. The highest BCUT2D eigenvalue weighted by Crippen LogP contribution is 2.37. The first kappa shape index (κ1) is 21.8. The third-order valence-electron chi connectivity index (χ3n) is 5.95. The summed E-state index contributed by atoms with van der Waals surface area (Å²) in [6.45, 7) is 2.83. The van der Waals surface area contributed by atoms with Crippen LogP contribution in [-0.4, -0.2) is 12.9 Å². The van der Waals surface area contributed by atoms with Gasteiger partial charge in [-0.05, 0) is 59.9 Å². The standard InChI is InChI=1S/C28H32O2/c1-2-18-28(20-22-29,19-17-24-9-5-3-6-10-24)21-23-30-27-15-13-26(14-16-27)25-11-7-4-8-12-25/h3-16,22H,2,17-21,23H2,1H3/t28-/m1/s1. The molecule has 0 aliphatic carbocycles. The molecule has 2 heteroatoms. The van der Waals surface area contributed by atoms with E-state index in [4.69, 9.17) is 4.74 Å². The molecule has 0 N–H and O–H groups in total. The number of carbonyl (C=O) groups is 1. The summed E-state index contributed by atoms with van der Waals surface area (Å²) in [7, 11) is 0. The normalized spacial score (nSPS) is 12.8. The van der Waals surface area contributed by atoms with Crippen LogP contribution in [0.4, 0.5) is 0 Å². The van der Waals surface area contributed by atoms with E-state index in [0.717, 1.165) is 44.1 Å². The molecule has 2 nitrogen and oxygen atoms in total. The second-order valence-electron chi connectivity index (χ2n) is 8.10. The van der Waals surface area contributed by atoms with Crippen molar-refractivity contribution in [2.24, 2.45) is 5.41 Å². The van der Waals surface area contributed by atoms with E-state index in [0.29, 0.717) is 13.0 Å². The predicted molar refractivity (Wildman–Crippen MR) is 125 cm³/mol. The van der Waals surface area contributed by atoms with Crippen LogP contribution in [0.15, 0.2) is 84.9 Å². The summed E-state index contributed by atoms with van der Waals surface area (Å²) in [5.41, 5.74) is 3.74. The second kappa shape index (κ2) is 11.3. The fraction of sp³-hybridized carbons (Fsp3) is 0.321. The van der Waals surface area contributed by atoms with Crippen LogP contribution in [0.5, 0.6) is 5.75 Å². The lowest BCUT2D eigenvalue weighted by atomic mass is 9.73. The summed E-state index contributed by atoms with van der Waals surface area (Å²) in [5, 5.41) is 0. The van der Waals surface area contributed by atoms with Gasteiger partial charge in [-0.2, -0.15) is 0 Å². The number of aldehydes is 1. The Kier molecular flexibility index (Phi) is 8.26. The average molecular weight is 401 g/mol. The second-order valence-corrected chi connectivity index (χ2v) is 8.10. The number of ether oxygens (including phenoxy) is 1. The lowest BCUT2D eigenvalue weighted by molar-refractivity contribution is -0.110. The van der Waals surface area contributed by atoms with Crippen molar-refractivity contribution in [3.05, 3.63) is 90.5 Å². The van der Waals surface area contributed by atoms with Crippen molar-refractivity contribution < 1.29 is 9.53 Å². The molecule has 0 bridgehead atoms. The first-order valence-corrected chi connectivity index (χ1v) is 11.0. The zero-order valence-corrected chi connectivity index (χ0v) is 17.9. The van der Waals surface area contributed by atoms with Gasteiger partial charge in [-0.25, -0.2) is 0 Å². The Hall–Kier alpha value is -2.87. The molecule has 0 saturated heterocycles. The summed E-state index contributed by atoms with van der Waals surface area (Å²) in [5.74, 6) is 0.884. The van der Waals surface area contributed by atoms with Gasteiger partial charge in [-0.15, -0.1) is 0 Å². The Bertz CT molecular complexity index is 872. The van der Waals surface area contributed by atoms with Crippen molar-refractivity contribution >= 4 is 6.29 Å². The highest BCUT2D eigenvalue weighted by atomic mass is 16.5. The van der Waals surface area contributed by atoms with Gasteiger partial charge >= 0.3 is 0 Å². The zero-order chi connectivity index (χ0) is 21.1. The fourth-order valence-electron chi connectivity index (χ4n) is 4.20. The molecule has 0 amide bonds. The summed E-state index contributed by atoms with van der Waals surface area (Å²) in [4.78, 5) is 11.5. The van der Waals surface area contributed by atoms with E-state index in [2.05, 4.69) is 67.6 Å². The lowest BCUT2D eigenvalue weighted by Crippen LogP contribution is -2.25. The van der Waals surface area contributed by atoms with Crippen LogP contribution >= 0.6 is 0 Å². The molecule has 3 rings (SSSR count). The van der Waals surface area contributed by atoms with E-state index >= 15 is 0 Å². The highest BCUT2D eigenvalue weighted by Gasteiger charge is 2.28. The topological polar surface area (TPSA) is 26.3 Å². The number of carbonyl (C=O) groups excluding carboxylic acids is 1. The molecule has 0 unspecified atom stereocenters. The third-order valence-corrected chi connectivity index (χ3v) is 5.95. The van der Waals surface area contributed by atoms with Crippen LogP contribution in [0, 0.1) is 5.41 Å². The van der Waals surface area contributed by atoms with E-state index in [9.17, 15) is 4.79 Å². The number of rotatable bonds is 12. The molecular formula is C28H32O2. The molecule has 0 aromatic heterocycles. The fourth-order valence-corrected chi connectivity index (χ4v) is 4.20. The van der Waals surface area contributed by atoms with E-state index in [-0.39, 0.29) is 5.41 Å². The first-order chi connectivity index (χ1) is 14.7. The summed E-state index contributed by atoms with van der Waals surface area (Å²) < 4.78 is 6.08. The molecule has 0 radical (unpaired) electrons. The smallest absolute Gasteiger partial charge is 0.120 e. The van der Waals surface area contributed by atoms with Crippen LogP contribution in [-0.2, 0) is 11.2 Å². The Morgan fingerprint density at radius 2 is 1.40 bits per heavy atom. The summed E-state index contributed by atoms with van der Waals surface area (Å²) in [6, 6.07) is 29.2. The molecule has 3 aromatic rings. The van der Waals surface area contributed by atoms with Gasteiger partial charge in [0.25, 0.3) is 0 Å². The Morgan fingerprint density at radius 3 is 2.03 bits per heavy atom. The number of hydrogen-bond donors (Lipinski definition) is 0. The Labute approximate surface area is 180 Å². The SMILES string of the molecule is CCC[C@@](CC=O)(CCOc1ccc(-c2ccccc2)cc1)CCc1ccccc1. The van der Waals surface area contributed by atoms with Crippen molar-refractivity contribution in [3.8, 4) is 16.9 Å². The van der Waals surface area contributed by atoms with E-state index in [1.54, 1.807) is 0 Å². The van der Waals surface area contributed by atoms with Crippen molar-refractivity contribution in [1.29, 1.82) is 0 Å². The molecule has 0 heterocycles. The molecule has 156 valence electrons. The van der Waals surface area contributed by atoms with E-state index in [1.165, 1.54) is 16.7 Å². The van der Waals surface area contributed by atoms with Crippen molar-refractivity contribution in [2.45, 2.75) is 45.4 Å². The van der Waals surface area contributed by atoms with Gasteiger partial charge in [0, 0.05) is 6.42 Å². The third kappa shape index (κ3) is 6.32. The van der Waals surface area contributed by atoms with Gasteiger partial charge < -0.3 is 9.53 Å². The average Bonchev–Trinajstić information content (AvgIpc) is 2.80. The molecule has 30 heavy (non-hydrogen) atoms. The molecule has 0 aliphatic rings. The minimum Gasteiger partial charge on any atom is -0.494 e. The molecule has 0 spiro atoms. The van der Waals surface area contributed by atoms with E-state index in [1.807, 2.05) is 24.3 Å². The van der Waals surface area contributed by atoms with Gasteiger partial charge in [-0.1, -0.05) is 86.1 Å². The van der Waals surface area contributed by atoms with Crippen LogP contribution in [0.1, 0.15) is 44.6 Å². The number of aryl methyl sites for hydroxylation is 1. The summed E-state index contributed by atoms with van der Waals surface area (Å²) in [6.07, 6.45) is 6.73. The van der Waals surface area contributed by atoms with Crippen LogP contribution in [0.2, 0.25) is 0 Å². The van der Waals surface area contributed by atoms with Gasteiger partial charge in [0.1, 0.15) is 12.0 Å². The molecule has 0 aliphatic heterocycles. The van der Waals surface area contributed by atoms with Crippen molar-refractivity contribution in [2.75, 3.05) is 6.61 Å². The van der Waals surface area contributed by atoms with Gasteiger partial charge in [0.2, 0.25) is 0 Å². The maximum Gasteiger partial charge on any atom is 0.120 e. The minimum atomic E-state index is 0.0102. The summed E-state index contributed by atoms with van der Waals surface area (Å²) >= 11 is 0. The van der Waals surface area contributed by atoms with Crippen LogP contribution < -0.4 is 4.74 Å². The largest absolute Gasteiger partial charge is 0.494 e. The molecule has 0 saturated carbocycles. The molecule has 0 fully saturated rings. The lowest BCUT2D eigenvalue weighted by Gasteiger charge is -2.32. The maximum absolute atomic E-state index is 11.5. The Morgan fingerprint density at radius 1 is 0.767 bits per heavy atom. The molecular weight excluding hydrogens is 368 g/mol. The predicted octanol–water partition coefficient (Wildman–Crippen LogP) is 7.13. The molecule has 1 atom stereocenters. The zero-order valence-electron chi connectivity index (χ0n) is 17.9. The van der Waals surface area contributed by atoms with Gasteiger partial charge in [0.05, 0.1) is 6.61 Å². The van der Waals surface area contributed by atoms with Crippen LogP contribution in [0.3, 0.4) is 0 Å². The number of hydrogen-bond acceptors (Lipinski definition) is 2. The van der Waals surface area contributed by atoms with Crippen molar-refractivity contribution in [1.82, 2.24) is 0 Å². The van der Waals surface area contributed by atoms with Gasteiger partial charge in [-0.3, -0.25) is 0 Å². The molecule has 3 aromatic carbocycles. The Balaban J connectivity index is 1.59. The monoisotopic (exact) mass is 400 g/mol. The van der Waals surface area contributed by atoms with Gasteiger partial charge in [0.15, 0.2) is 0 Å². The first-order valence-electron chi connectivity index (χ1n) is 11.0. The highest BCUT2D eigenvalue weighted by molar-refractivity contribution is 5.63. The minimum absolute atomic E-state index is 0.0102. The van der Waals surface area contributed by atoms with Crippen molar-refractivity contribution in [3.63, 3.8) is 0 Å².